The molecule has 1 aromatic rings. The van der Waals surface area contributed by atoms with Gasteiger partial charge < -0.3 is 14.8 Å². The topological polar surface area (TPSA) is 49.7 Å². The number of hydrogen-bond donors (Lipinski definition) is 2. The largest absolute Gasteiger partial charge is 0.492 e. The van der Waals surface area contributed by atoms with Crippen LogP contribution in [0, 0.1) is 11.7 Å². The summed E-state index contributed by atoms with van der Waals surface area (Å²) >= 11 is 0. The molecule has 0 aromatic heterocycles. The van der Waals surface area contributed by atoms with E-state index in [0.717, 1.165) is 37.7 Å². The molecule has 104 valence electrons. The SMILES string of the molecule is CCC1CCC(Oc2ccc(F)cc2B(O)O)CC1. The van der Waals surface area contributed by atoms with Crippen molar-refractivity contribution in [2.45, 2.75) is 45.1 Å². The van der Waals surface area contributed by atoms with Crippen molar-refractivity contribution in [1.29, 1.82) is 0 Å². The molecular weight excluding hydrogens is 246 g/mol. The van der Waals surface area contributed by atoms with E-state index in [0.29, 0.717) is 5.75 Å². The Morgan fingerprint density at radius 1 is 1.26 bits per heavy atom. The maximum atomic E-state index is 13.1. The molecule has 1 aliphatic rings. The Balaban J connectivity index is 2.03. The molecule has 3 nitrogen and oxygen atoms in total. The quantitative estimate of drug-likeness (QED) is 0.818. The minimum atomic E-state index is -1.71. The van der Waals surface area contributed by atoms with E-state index in [2.05, 4.69) is 6.92 Å². The highest BCUT2D eigenvalue weighted by molar-refractivity contribution is 6.59. The van der Waals surface area contributed by atoms with E-state index in [4.69, 9.17) is 4.74 Å². The second kappa shape index (κ2) is 6.39. The molecule has 0 unspecified atom stereocenters. The van der Waals surface area contributed by atoms with Gasteiger partial charge in [-0.05, 0) is 49.8 Å². The third kappa shape index (κ3) is 3.70. The average Bonchev–Trinajstić information content (AvgIpc) is 2.41. The summed E-state index contributed by atoms with van der Waals surface area (Å²) in [5.41, 5.74) is 0.0950. The molecule has 0 spiro atoms. The Hall–Kier alpha value is -1.07. The fourth-order valence-electron chi connectivity index (χ4n) is 2.67. The molecule has 1 aromatic carbocycles. The molecule has 2 N–H and O–H groups in total. The molecule has 0 amide bonds. The predicted octanol–water partition coefficient (Wildman–Crippen LogP) is 1.85. The maximum Gasteiger partial charge on any atom is 0.492 e. The molecule has 1 aliphatic carbocycles. The molecule has 0 aliphatic heterocycles. The van der Waals surface area contributed by atoms with Crippen LogP contribution in [-0.2, 0) is 0 Å². The molecule has 1 fully saturated rings. The average molecular weight is 266 g/mol. The first kappa shape index (κ1) is 14.3. The third-order valence-corrected chi connectivity index (χ3v) is 3.91. The van der Waals surface area contributed by atoms with Gasteiger partial charge in [0, 0.05) is 5.46 Å². The lowest BCUT2D eigenvalue weighted by molar-refractivity contribution is 0.130. The van der Waals surface area contributed by atoms with Gasteiger partial charge in [0.05, 0.1) is 6.10 Å². The van der Waals surface area contributed by atoms with Gasteiger partial charge in [-0.25, -0.2) is 4.39 Å². The highest BCUT2D eigenvalue weighted by atomic mass is 19.1. The van der Waals surface area contributed by atoms with Crippen molar-refractivity contribution in [3.63, 3.8) is 0 Å². The lowest BCUT2D eigenvalue weighted by Crippen LogP contribution is -2.34. The first-order valence-corrected chi connectivity index (χ1v) is 6.92. The van der Waals surface area contributed by atoms with E-state index in [1.807, 2.05) is 0 Å². The van der Waals surface area contributed by atoms with Crippen molar-refractivity contribution in [2.75, 3.05) is 0 Å². The summed E-state index contributed by atoms with van der Waals surface area (Å²) in [6.07, 6.45) is 5.50. The van der Waals surface area contributed by atoms with Gasteiger partial charge >= 0.3 is 7.12 Å². The van der Waals surface area contributed by atoms with Gasteiger partial charge in [0.15, 0.2) is 0 Å². The van der Waals surface area contributed by atoms with Crippen LogP contribution in [0.25, 0.3) is 0 Å². The Kier molecular flexibility index (Phi) is 4.83. The van der Waals surface area contributed by atoms with Crippen LogP contribution in [0.5, 0.6) is 5.75 Å². The van der Waals surface area contributed by atoms with Gasteiger partial charge in [-0.2, -0.15) is 0 Å². The number of rotatable bonds is 4. The normalized spacial score (nSPS) is 23.2. The standard InChI is InChI=1S/C14H20BFO3/c1-2-10-3-6-12(7-4-10)19-14-8-5-11(16)9-13(14)15(17)18/h5,8-10,12,17-18H,2-4,6-7H2,1H3. The molecule has 5 heteroatoms. The van der Waals surface area contributed by atoms with Crippen molar-refractivity contribution in [3.8, 4) is 5.75 Å². The highest BCUT2D eigenvalue weighted by Crippen LogP contribution is 2.29. The second-order valence-electron chi connectivity index (χ2n) is 5.22. The Bertz CT molecular complexity index is 417. The summed E-state index contributed by atoms with van der Waals surface area (Å²) < 4.78 is 18.9. The molecule has 0 heterocycles. The molecule has 0 saturated heterocycles. The van der Waals surface area contributed by atoms with Crippen LogP contribution in [-0.4, -0.2) is 23.3 Å². The van der Waals surface area contributed by atoms with Crippen molar-refractivity contribution in [2.24, 2.45) is 5.92 Å². The van der Waals surface area contributed by atoms with E-state index in [1.54, 1.807) is 0 Å². The van der Waals surface area contributed by atoms with E-state index < -0.39 is 12.9 Å². The fraction of sp³-hybridized carbons (Fsp3) is 0.571. The Labute approximate surface area is 113 Å². The zero-order valence-corrected chi connectivity index (χ0v) is 11.2. The van der Waals surface area contributed by atoms with Crippen molar-refractivity contribution in [1.82, 2.24) is 0 Å². The van der Waals surface area contributed by atoms with Crippen molar-refractivity contribution < 1.29 is 19.2 Å². The monoisotopic (exact) mass is 266 g/mol. The van der Waals surface area contributed by atoms with Crippen molar-refractivity contribution >= 4 is 12.6 Å². The summed E-state index contributed by atoms with van der Waals surface area (Å²) in [4.78, 5) is 0. The Morgan fingerprint density at radius 3 is 2.53 bits per heavy atom. The van der Waals surface area contributed by atoms with E-state index in [1.165, 1.54) is 18.6 Å². The summed E-state index contributed by atoms with van der Waals surface area (Å²) in [5.74, 6) is 0.650. The second-order valence-corrected chi connectivity index (χ2v) is 5.22. The minimum Gasteiger partial charge on any atom is -0.491 e. The summed E-state index contributed by atoms with van der Waals surface area (Å²) in [7, 11) is -1.71. The first-order valence-electron chi connectivity index (χ1n) is 6.92. The van der Waals surface area contributed by atoms with Crippen LogP contribution in [0.2, 0.25) is 0 Å². The molecule has 0 radical (unpaired) electrons. The fourth-order valence-corrected chi connectivity index (χ4v) is 2.67. The minimum absolute atomic E-state index is 0.0887. The van der Waals surface area contributed by atoms with Gasteiger partial charge in [0.1, 0.15) is 11.6 Å². The highest BCUT2D eigenvalue weighted by Gasteiger charge is 2.24. The van der Waals surface area contributed by atoms with Gasteiger partial charge in [0.2, 0.25) is 0 Å². The third-order valence-electron chi connectivity index (χ3n) is 3.91. The predicted molar refractivity (Wildman–Crippen MR) is 72.9 cm³/mol. The van der Waals surface area contributed by atoms with Crippen LogP contribution in [0.1, 0.15) is 39.0 Å². The van der Waals surface area contributed by atoms with Crippen LogP contribution >= 0.6 is 0 Å². The zero-order valence-electron chi connectivity index (χ0n) is 11.2. The van der Waals surface area contributed by atoms with E-state index in [-0.39, 0.29) is 11.6 Å². The van der Waals surface area contributed by atoms with E-state index >= 15 is 0 Å². The number of ether oxygens (including phenoxy) is 1. The summed E-state index contributed by atoms with van der Waals surface area (Å²) in [5, 5.41) is 18.5. The molecule has 1 saturated carbocycles. The van der Waals surface area contributed by atoms with Crippen LogP contribution in [0.15, 0.2) is 18.2 Å². The summed E-state index contributed by atoms with van der Waals surface area (Å²) in [6.45, 7) is 2.20. The van der Waals surface area contributed by atoms with Crippen LogP contribution in [0.4, 0.5) is 4.39 Å². The molecule has 19 heavy (non-hydrogen) atoms. The van der Waals surface area contributed by atoms with E-state index in [9.17, 15) is 14.4 Å². The lowest BCUT2D eigenvalue weighted by atomic mass is 9.79. The number of benzene rings is 1. The number of hydrogen-bond acceptors (Lipinski definition) is 3. The Morgan fingerprint density at radius 2 is 1.95 bits per heavy atom. The molecule has 2 rings (SSSR count). The summed E-state index contributed by atoms with van der Waals surface area (Å²) in [6, 6.07) is 3.85. The maximum absolute atomic E-state index is 13.1. The first-order chi connectivity index (χ1) is 9.10. The van der Waals surface area contributed by atoms with Crippen LogP contribution in [0.3, 0.4) is 0 Å². The van der Waals surface area contributed by atoms with Gasteiger partial charge in [-0.1, -0.05) is 13.3 Å². The van der Waals surface area contributed by atoms with Gasteiger partial charge in [0.25, 0.3) is 0 Å². The van der Waals surface area contributed by atoms with Crippen LogP contribution < -0.4 is 10.2 Å². The molecule has 0 atom stereocenters. The smallest absolute Gasteiger partial charge is 0.491 e. The zero-order chi connectivity index (χ0) is 13.8. The molecular formula is C14H20BFO3. The van der Waals surface area contributed by atoms with Gasteiger partial charge in [-0.15, -0.1) is 0 Å². The number of halogens is 1. The van der Waals surface area contributed by atoms with Crippen molar-refractivity contribution in [3.05, 3.63) is 24.0 Å². The van der Waals surface area contributed by atoms with Gasteiger partial charge in [-0.3, -0.25) is 0 Å². The molecule has 0 bridgehead atoms. The lowest BCUT2D eigenvalue weighted by Gasteiger charge is -2.29.